The summed E-state index contributed by atoms with van der Waals surface area (Å²) in [5.74, 6) is -1.03. The number of amides is 1. The van der Waals surface area contributed by atoms with Gasteiger partial charge < -0.3 is 15.2 Å². The maximum Gasteiger partial charge on any atom is 0.356 e. The van der Waals surface area contributed by atoms with E-state index in [0.717, 1.165) is 10.8 Å². The van der Waals surface area contributed by atoms with Gasteiger partial charge in [-0.2, -0.15) is 5.10 Å². The molecule has 0 aliphatic heterocycles. The summed E-state index contributed by atoms with van der Waals surface area (Å²) in [6.45, 7) is 2.41. The lowest BCUT2D eigenvalue weighted by molar-refractivity contribution is 0.0689. The summed E-state index contributed by atoms with van der Waals surface area (Å²) in [7, 11) is 1.51. The molecule has 1 amide bonds. The predicted octanol–water partition coefficient (Wildman–Crippen LogP) is 1.88. The molecule has 0 atom stereocenters. The van der Waals surface area contributed by atoms with E-state index in [1.807, 2.05) is 24.3 Å². The molecule has 8 nitrogen and oxygen atoms in total. The summed E-state index contributed by atoms with van der Waals surface area (Å²) in [6, 6.07) is 10.7. The van der Waals surface area contributed by atoms with Crippen LogP contribution >= 0.6 is 0 Å². The second-order valence-corrected chi connectivity index (χ2v) is 5.69. The highest BCUT2D eigenvalue weighted by molar-refractivity contribution is 5.98. The first-order chi connectivity index (χ1) is 12.5. The van der Waals surface area contributed by atoms with Crippen LogP contribution in [0.25, 0.3) is 10.8 Å². The lowest BCUT2D eigenvalue weighted by Gasteiger charge is -2.09. The van der Waals surface area contributed by atoms with Crippen molar-refractivity contribution in [1.29, 1.82) is 0 Å². The number of hydrogen-bond donors (Lipinski definition) is 2. The van der Waals surface area contributed by atoms with Crippen LogP contribution in [0.1, 0.15) is 26.7 Å². The van der Waals surface area contributed by atoms with Gasteiger partial charge in [-0.25, -0.2) is 9.78 Å². The van der Waals surface area contributed by atoms with Gasteiger partial charge in [0.15, 0.2) is 5.69 Å². The molecule has 3 rings (SSSR count). The second-order valence-electron chi connectivity index (χ2n) is 5.69. The molecule has 0 saturated heterocycles. The van der Waals surface area contributed by atoms with Crippen molar-refractivity contribution in [3.05, 3.63) is 53.5 Å². The number of hydrogen-bond acceptors (Lipinski definition) is 5. The van der Waals surface area contributed by atoms with Crippen LogP contribution in [-0.2, 0) is 6.54 Å². The molecular formula is C18H18N4O4. The minimum absolute atomic E-state index is 0.0187. The smallest absolute Gasteiger partial charge is 0.356 e. The fourth-order valence-electron chi connectivity index (χ4n) is 2.65. The van der Waals surface area contributed by atoms with Gasteiger partial charge in [-0.1, -0.05) is 18.2 Å². The Hall–Kier alpha value is -3.42. The molecule has 2 heterocycles. The average Bonchev–Trinajstić information content (AvgIpc) is 3.01. The standard InChI is InChI=1S/C18H18N4O4/c1-11-9-15(18(24)25)21-22(11)8-7-19-16(23)14-10-12-5-3-4-6-13(12)17(20-14)26-2/h3-6,9-10H,7-8H2,1-2H3,(H,19,23)(H,24,25). The first kappa shape index (κ1) is 17.4. The molecule has 2 aromatic heterocycles. The minimum Gasteiger partial charge on any atom is -0.481 e. The number of aromatic carboxylic acids is 1. The number of pyridine rings is 1. The molecule has 0 spiro atoms. The third-order valence-electron chi connectivity index (χ3n) is 3.94. The Kier molecular flexibility index (Phi) is 4.83. The molecule has 0 unspecified atom stereocenters. The summed E-state index contributed by atoms with van der Waals surface area (Å²) in [5.41, 5.74) is 0.945. The van der Waals surface area contributed by atoms with E-state index in [4.69, 9.17) is 9.84 Å². The lowest BCUT2D eigenvalue weighted by atomic mass is 10.1. The van der Waals surface area contributed by atoms with E-state index in [1.165, 1.54) is 17.9 Å². The van der Waals surface area contributed by atoms with E-state index in [9.17, 15) is 9.59 Å². The molecule has 8 heteroatoms. The van der Waals surface area contributed by atoms with Gasteiger partial charge >= 0.3 is 5.97 Å². The molecule has 0 bridgehead atoms. The van der Waals surface area contributed by atoms with Crippen molar-refractivity contribution in [2.24, 2.45) is 0 Å². The Balaban J connectivity index is 1.70. The van der Waals surface area contributed by atoms with Crippen molar-refractivity contribution >= 4 is 22.6 Å². The summed E-state index contributed by atoms with van der Waals surface area (Å²) in [6.07, 6.45) is 0. The number of fused-ring (bicyclic) bond motifs is 1. The van der Waals surface area contributed by atoms with E-state index in [2.05, 4.69) is 15.4 Å². The number of carbonyl (C=O) groups is 2. The number of carboxylic acids is 1. The summed E-state index contributed by atoms with van der Waals surface area (Å²) in [5, 5.41) is 17.4. The largest absolute Gasteiger partial charge is 0.481 e. The third kappa shape index (κ3) is 3.49. The summed E-state index contributed by atoms with van der Waals surface area (Å²) < 4.78 is 6.81. The van der Waals surface area contributed by atoms with Crippen LogP contribution in [0.15, 0.2) is 36.4 Å². The Morgan fingerprint density at radius 1 is 1.23 bits per heavy atom. The van der Waals surface area contributed by atoms with Crippen LogP contribution in [-0.4, -0.2) is 45.4 Å². The first-order valence-corrected chi connectivity index (χ1v) is 7.99. The van der Waals surface area contributed by atoms with Crippen molar-refractivity contribution in [2.45, 2.75) is 13.5 Å². The van der Waals surface area contributed by atoms with Crippen LogP contribution in [0.2, 0.25) is 0 Å². The lowest BCUT2D eigenvalue weighted by Crippen LogP contribution is -2.28. The molecule has 0 aliphatic carbocycles. The van der Waals surface area contributed by atoms with Crippen molar-refractivity contribution in [3.8, 4) is 5.88 Å². The van der Waals surface area contributed by atoms with Crippen LogP contribution in [0, 0.1) is 6.92 Å². The van der Waals surface area contributed by atoms with E-state index in [-0.39, 0.29) is 23.8 Å². The van der Waals surface area contributed by atoms with Crippen LogP contribution in [0.3, 0.4) is 0 Å². The number of carbonyl (C=O) groups excluding carboxylic acids is 1. The Morgan fingerprint density at radius 2 is 2.00 bits per heavy atom. The maximum absolute atomic E-state index is 12.4. The third-order valence-corrected chi connectivity index (χ3v) is 3.94. The van der Waals surface area contributed by atoms with Crippen LogP contribution in [0.5, 0.6) is 5.88 Å². The van der Waals surface area contributed by atoms with Crippen molar-refractivity contribution in [2.75, 3.05) is 13.7 Å². The SMILES string of the molecule is COc1nc(C(=O)NCCn2nc(C(=O)O)cc2C)cc2ccccc12. The molecule has 134 valence electrons. The normalized spacial score (nSPS) is 10.7. The number of rotatable bonds is 6. The maximum atomic E-state index is 12.4. The van der Waals surface area contributed by atoms with E-state index >= 15 is 0 Å². The van der Waals surface area contributed by atoms with Gasteiger partial charge in [0.25, 0.3) is 5.91 Å². The molecule has 1 aromatic carbocycles. The number of nitrogens with zero attached hydrogens (tertiary/aromatic N) is 3. The first-order valence-electron chi connectivity index (χ1n) is 7.99. The van der Waals surface area contributed by atoms with E-state index < -0.39 is 5.97 Å². The summed E-state index contributed by atoms with van der Waals surface area (Å²) in [4.78, 5) is 27.6. The van der Waals surface area contributed by atoms with Gasteiger partial charge in [-0.15, -0.1) is 0 Å². The van der Waals surface area contributed by atoms with E-state index in [1.54, 1.807) is 13.0 Å². The highest BCUT2D eigenvalue weighted by atomic mass is 16.5. The van der Waals surface area contributed by atoms with Gasteiger partial charge in [0.2, 0.25) is 5.88 Å². The van der Waals surface area contributed by atoms with Crippen molar-refractivity contribution in [1.82, 2.24) is 20.1 Å². The predicted molar refractivity (Wildman–Crippen MR) is 94.6 cm³/mol. The topological polar surface area (TPSA) is 106 Å². The van der Waals surface area contributed by atoms with Crippen molar-refractivity contribution in [3.63, 3.8) is 0 Å². The number of aryl methyl sites for hydroxylation is 1. The Bertz CT molecular complexity index is 980. The number of benzene rings is 1. The molecule has 26 heavy (non-hydrogen) atoms. The fourth-order valence-corrected chi connectivity index (χ4v) is 2.65. The number of methoxy groups -OCH3 is 1. The highest BCUT2D eigenvalue weighted by Crippen LogP contribution is 2.24. The molecule has 0 aliphatic rings. The van der Waals surface area contributed by atoms with Gasteiger partial charge in [-0.3, -0.25) is 9.48 Å². The van der Waals surface area contributed by atoms with E-state index in [0.29, 0.717) is 18.1 Å². The Labute approximate surface area is 149 Å². The highest BCUT2D eigenvalue weighted by Gasteiger charge is 2.13. The number of nitrogens with one attached hydrogen (secondary N) is 1. The van der Waals surface area contributed by atoms with Crippen molar-refractivity contribution < 1.29 is 19.4 Å². The van der Waals surface area contributed by atoms with Gasteiger partial charge in [0, 0.05) is 17.6 Å². The monoisotopic (exact) mass is 354 g/mol. The minimum atomic E-state index is -1.08. The molecule has 2 N–H and O–H groups in total. The number of aromatic nitrogens is 3. The molecular weight excluding hydrogens is 336 g/mol. The van der Waals surface area contributed by atoms with Crippen LogP contribution in [0.4, 0.5) is 0 Å². The molecule has 0 radical (unpaired) electrons. The molecule has 0 saturated carbocycles. The zero-order chi connectivity index (χ0) is 18.7. The number of ether oxygens (including phenoxy) is 1. The number of carboxylic acid groups (broad SMARTS) is 1. The second kappa shape index (κ2) is 7.22. The summed E-state index contributed by atoms with van der Waals surface area (Å²) >= 11 is 0. The zero-order valence-corrected chi connectivity index (χ0v) is 14.4. The fraction of sp³-hybridized carbons (Fsp3) is 0.222. The van der Waals surface area contributed by atoms with Gasteiger partial charge in [0.05, 0.1) is 13.7 Å². The van der Waals surface area contributed by atoms with Gasteiger partial charge in [-0.05, 0) is 30.5 Å². The van der Waals surface area contributed by atoms with Gasteiger partial charge in [0.1, 0.15) is 5.69 Å². The average molecular weight is 354 g/mol. The van der Waals surface area contributed by atoms with Crippen LogP contribution < -0.4 is 10.1 Å². The quantitative estimate of drug-likeness (QED) is 0.700. The molecule has 0 fully saturated rings. The Morgan fingerprint density at radius 3 is 2.69 bits per heavy atom. The zero-order valence-electron chi connectivity index (χ0n) is 14.4. The molecule has 3 aromatic rings.